The molecule has 0 spiro atoms. The van der Waals surface area contributed by atoms with Crippen molar-refractivity contribution >= 4 is 39.3 Å². The topological polar surface area (TPSA) is 33.1 Å². The van der Waals surface area contributed by atoms with Crippen molar-refractivity contribution in [3.8, 4) is 0 Å². The van der Waals surface area contributed by atoms with Crippen molar-refractivity contribution in [2.24, 2.45) is 0 Å². The minimum atomic E-state index is -0.00394. The molecular weight excluding hydrogens is 322 g/mol. The van der Waals surface area contributed by atoms with E-state index in [0.29, 0.717) is 5.02 Å². The summed E-state index contributed by atoms with van der Waals surface area (Å²) < 4.78 is 0.940. The standard InChI is InChI=1S/C12H9BrClNOS/c13-9-2-4-12(15-6-9)17-11-5-10(14)3-1-8(11)7-16/h1-6,16H,7H2. The Hall–Kier alpha value is -0.550. The molecule has 1 N–H and O–H groups in total. The van der Waals surface area contributed by atoms with Crippen molar-refractivity contribution in [3.05, 3.63) is 51.6 Å². The van der Waals surface area contributed by atoms with Crippen molar-refractivity contribution in [1.29, 1.82) is 0 Å². The third-order valence-corrected chi connectivity index (χ3v) is 3.87. The molecule has 0 saturated heterocycles. The van der Waals surface area contributed by atoms with Crippen LogP contribution in [0.4, 0.5) is 0 Å². The van der Waals surface area contributed by atoms with Crippen LogP contribution in [0.5, 0.6) is 0 Å². The van der Waals surface area contributed by atoms with Gasteiger partial charge in [0.05, 0.1) is 6.61 Å². The fraction of sp³-hybridized carbons (Fsp3) is 0.0833. The largest absolute Gasteiger partial charge is 0.392 e. The Balaban J connectivity index is 2.28. The van der Waals surface area contributed by atoms with Gasteiger partial charge in [0.1, 0.15) is 5.03 Å². The first-order valence-corrected chi connectivity index (χ1v) is 6.86. The van der Waals surface area contributed by atoms with Crippen LogP contribution in [-0.4, -0.2) is 10.1 Å². The SMILES string of the molecule is OCc1ccc(Cl)cc1Sc1ccc(Br)cn1. The summed E-state index contributed by atoms with van der Waals surface area (Å²) in [6.45, 7) is -0.00394. The van der Waals surface area contributed by atoms with Crippen LogP contribution in [0.25, 0.3) is 0 Å². The maximum absolute atomic E-state index is 9.25. The van der Waals surface area contributed by atoms with E-state index < -0.39 is 0 Å². The lowest BCUT2D eigenvalue weighted by molar-refractivity contribution is 0.279. The zero-order valence-corrected chi connectivity index (χ0v) is 11.9. The lowest BCUT2D eigenvalue weighted by Crippen LogP contribution is -1.88. The zero-order chi connectivity index (χ0) is 12.3. The van der Waals surface area contributed by atoms with E-state index in [1.807, 2.05) is 24.3 Å². The fourth-order valence-electron chi connectivity index (χ4n) is 1.29. The molecule has 0 saturated carbocycles. The maximum Gasteiger partial charge on any atom is 0.101 e. The average molecular weight is 331 g/mol. The van der Waals surface area contributed by atoms with Gasteiger partial charge in [0, 0.05) is 20.6 Å². The highest BCUT2D eigenvalue weighted by molar-refractivity contribution is 9.10. The number of pyridine rings is 1. The molecule has 1 heterocycles. The number of halogens is 2. The van der Waals surface area contributed by atoms with Crippen molar-refractivity contribution in [2.45, 2.75) is 16.5 Å². The number of aliphatic hydroxyl groups is 1. The Morgan fingerprint density at radius 2 is 2.12 bits per heavy atom. The first kappa shape index (κ1) is 12.9. The van der Waals surface area contributed by atoms with Gasteiger partial charge in [-0.1, -0.05) is 29.4 Å². The number of hydrogen-bond acceptors (Lipinski definition) is 3. The van der Waals surface area contributed by atoms with E-state index in [2.05, 4.69) is 20.9 Å². The van der Waals surface area contributed by atoms with Gasteiger partial charge in [-0.3, -0.25) is 0 Å². The minimum absolute atomic E-state index is 0.00394. The van der Waals surface area contributed by atoms with Crippen LogP contribution in [-0.2, 0) is 6.61 Å². The first-order valence-electron chi connectivity index (χ1n) is 4.88. The highest BCUT2D eigenvalue weighted by Crippen LogP contribution is 2.31. The second kappa shape index (κ2) is 5.87. The molecule has 0 bridgehead atoms. The van der Waals surface area contributed by atoms with Crippen LogP contribution in [0.1, 0.15) is 5.56 Å². The number of aromatic nitrogens is 1. The van der Waals surface area contributed by atoms with Crippen molar-refractivity contribution in [1.82, 2.24) is 4.98 Å². The highest BCUT2D eigenvalue weighted by atomic mass is 79.9. The van der Waals surface area contributed by atoms with Crippen LogP contribution in [0.3, 0.4) is 0 Å². The Kier molecular flexibility index (Phi) is 4.45. The van der Waals surface area contributed by atoms with Gasteiger partial charge < -0.3 is 5.11 Å². The molecule has 0 unspecified atom stereocenters. The molecule has 2 rings (SSSR count). The maximum atomic E-state index is 9.25. The van der Waals surface area contributed by atoms with Gasteiger partial charge in [-0.2, -0.15) is 0 Å². The number of aliphatic hydroxyl groups excluding tert-OH is 1. The van der Waals surface area contributed by atoms with Crippen LogP contribution in [0.2, 0.25) is 5.02 Å². The molecule has 0 fully saturated rings. The quantitative estimate of drug-likeness (QED) is 0.918. The first-order chi connectivity index (χ1) is 8.19. The molecular formula is C12H9BrClNOS. The molecule has 1 aromatic heterocycles. The molecule has 0 radical (unpaired) electrons. The summed E-state index contributed by atoms with van der Waals surface area (Å²) in [6, 6.07) is 9.27. The minimum Gasteiger partial charge on any atom is -0.392 e. The Labute approximate surface area is 117 Å². The molecule has 2 nitrogen and oxygen atoms in total. The van der Waals surface area contributed by atoms with E-state index in [9.17, 15) is 5.11 Å². The monoisotopic (exact) mass is 329 g/mol. The predicted octanol–water partition coefficient (Wildman–Crippen LogP) is 4.14. The summed E-state index contributed by atoms with van der Waals surface area (Å²) in [5.74, 6) is 0. The number of nitrogens with zero attached hydrogens (tertiary/aromatic N) is 1. The van der Waals surface area contributed by atoms with Gasteiger partial charge in [0.2, 0.25) is 0 Å². The van der Waals surface area contributed by atoms with Gasteiger partial charge in [-0.05, 0) is 45.8 Å². The van der Waals surface area contributed by atoms with Gasteiger partial charge in [0.15, 0.2) is 0 Å². The number of rotatable bonds is 3. The zero-order valence-electron chi connectivity index (χ0n) is 8.73. The van der Waals surface area contributed by atoms with E-state index in [0.717, 1.165) is 20.0 Å². The summed E-state index contributed by atoms with van der Waals surface area (Å²) in [4.78, 5) is 5.20. The summed E-state index contributed by atoms with van der Waals surface area (Å²) in [6.07, 6.45) is 1.74. The van der Waals surface area contributed by atoms with Gasteiger partial charge in [-0.25, -0.2) is 4.98 Å². The molecule has 0 atom stereocenters. The Bertz CT molecular complexity index is 518. The summed E-state index contributed by atoms with van der Waals surface area (Å²) >= 11 is 10.8. The molecule has 0 aliphatic rings. The van der Waals surface area contributed by atoms with Crippen LogP contribution in [0, 0.1) is 0 Å². The van der Waals surface area contributed by atoms with E-state index in [4.69, 9.17) is 11.6 Å². The fourth-order valence-corrected chi connectivity index (χ4v) is 2.68. The van der Waals surface area contributed by atoms with E-state index >= 15 is 0 Å². The second-order valence-electron chi connectivity index (χ2n) is 3.33. The molecule has 0 aliphatic heterocycles. The van der Waals surface area contributed by atoms with Gasteiger partial charge >= 0.3 is 0 Å². The summed E-state index contributed by atoms with van der Waals surface area (Å²) in [5, 5.41) is 10.8. The predicted molar refractivity (Wildman–Crippen MR) is 73.4 cm³/mol. The van der Waals surface area contributed by atoms with E-state index in [-0.39, 0.29) is 6.61 Å². The van der Waals surface area contributed by atoms with E-state index in [1.165, 1.54) is 11.8 Å². The van der Waals surface area contributed by atoms with Crippen LogP contribution < -0.4 is 0 Å². The number of benzene rings is 1. The summed E-state index contributed by atoms with van der Waals surface area (Å²) in [7, 11) is 0. The molecule has 0 amide bonds. The van der Waals surface area contributed by atoms with Crippen LogP contribution >= 0.6 is 39.3 Å². The smallest absolute Gasteiger partial charge is 0.101 e. The van der Waals surface area contributed by atoms with Crippen molar-refractivity contribution in [2.75, 3.05) is 0 Å². The molecule has 2 aromatic rings. The van der Waals surface area contributed by atoms with Crippen molar-refractivity contribution in [3.63, 3.8) is 0 Å². The molecule has 17 heavy (non-hydrogen) atoms. The molecule has 1 aromatic carbocycles. The van der Waals surface area contributed by atoms with Gasteiger partial charge in [0.25, 0.3) is 0 Å². The Morgan fingerprint density at radius 3 is 2.76 bits per heavy atom. The second-order valence-corrected chi connectivity index (χ2v) is 5.74. The molecule has 88 valence electrons. The lowest BCUT2D eigenvalue weighted by atomic mass is 10.2. The third kappa shape index (κ3) is 3.45. The van der Waals surface area contributed by atoms with Crippen molar-refractivity contribution < 1.29 is 5.11 Å². The van der Waals surface area contributed by atoms with Crippen LogP contribution in [0.15, 0.2) is 50.9 Å². The van der Waals surface area contributed by atoms with E-state index in [1.54, 1.807) is 12.3 Å². The number of hydrogen-bond donors (Lipinski definition) is 1. The molecule has 0 aliphatic carbocycles. The average Bonchev–Trinajstić information content (AvgIpc) is 2.32. The third-order valence-electron chi connectivity index (χ3n) is 2.11. The highest BCUT2D eigenvalue weighted by Gasteiger charge is 2.05. The summed E-state index contributed by atoms with van der Waals surface area (Å²) in [5.41, 5.74) is 0.851. The van der Waals surface area contributed by atoms with Gasteiger partial charge in [-0.15, -0.1) is 0 Å². The normalized spacial score (nSPS) is 10.5. The molecule has 5 heteroatoms. The lowest BCUT2D eigenvalue weighted by Gasteiger charge is -2.07. The Morgan fingerprint density at radius 1 is 1.29 bits per heavy atom.